The third-order valence-electron chi connectivity index (χ3n) is 4.70. The van der Waals surface area contributed by atoms with Crippen LogP contribution in [0.2, 0.25) is 0 Å². The summed E-state index contributed by atoms with van der Waals surface area (Å²) in [5.41, 5.74) is -1.40. The zero-order chi connectivity index (χ0) is 24.2. The molecule has 1 N–H and O–H groups in total. The lowest BCUT2D eigenvalue weighted by Gasteiger charge is -2.36. The number of nitrogens with zero attached hydrogens (tertiary/aromatic N) is 1. The molecular weight excluding hydrogens is 326 g/mol. The van der Waals surface area contributed by atoms with Crippen LogP contribution in [0, 0.1) is 17.8 Å². The molecule has 0 unspecified atom stereocenters. The Bertz CT molecular complexity index is 821. The molecule has 0 heterocycles. The molecule has 1 atom stereocenters. The first-order chi connectivity index (χ1) is 14.7. The maximum Gasteiger partial charge on any atom is 0.344 e. The van der Waals surface area contributed by atoms with Gasteiger partial charge in [-0.1, -0.05) is 75.3 Å². The van der Waals surface area contributed by atoms with Gasteiger partial charge in [-0.3, -0.25) is 4.90 Å². The molecule has 0 radical (unpaired) electrons. The minimum Gasteiger partial charge on any atom is -0.450 e. The summed E-state index contributed by atoms with van der Waals surface area (Å²) in [6.07, 6.45) is 4.22. The van der Waals surface area contributed by atoms with Crippen LogP contribution in [-0.2, 0) is 15.1 Å². The molecule has 1 fully saturated rings. The average molecular weight is 364 g/mol. The van der Waals surface area contributed by atoms with E-state index in [9.17, 15) is 9.90 Å². The fourth-order valence-electron chi connectivity index (χ4n) is 3.30. The van der Waals surface area contributed by atoms with E-state index in [4.69, 9.17) is 13.0 Å². The maximum absolute atomic E-state index is 13.0. The van der Waals surface area contributed by atoms with Gasteiger partial charge < -0.3 is 9.84 Å². The number of carbonyl (C=O) groups excluding carboxylic acids is 1. The first-order valence-electron chi connectivity index (χ1n) is 12.0. The van der Waals surface area contributed by atoms with Crippen LogP contribution in [0.3, 0.4) is 0 Å². The molecule has 1 aliphatic rings. The first kappa shape index (κ1) is 13.4. The molecule has 0 amide bonds. The van der Waals surface area contributed by atoms with E-state index in [-0.39, 0.29) is 5.92 Å². The van der Waals surface area contributed by atoms with Gasteiger partial charge in [0, 0.05) is 11.4 Å². The monoisotopic (exact) mass is 363 g/mol. The molecule has 1 saturated carbocycles. The first-order valence-corrected chi connectivity index (χ1v) is 8.96. The standard InChI is InChI=1S/C22H31NO3/c1-3-23(4-2)17-11-12-18-26-21(24)22(25,19-13-7-5-8-14-19)20-15-9-6-10-16-20/h5,7-8,13-14,20,25H,3-4,6,9-10,15-18H2,1-2H3/t22-/m1/s1/i3D2,4D2,17D2. The van der Waals surface area contributed by atoms with Gasteiger partial charge in [0.25, 0.3) is 0 Å². The predicted octanol–water partition coefficient (Wildman–Crippen LogP) is 3.34. The smallest absolute Gasteiger partial charge is 0.344 e. The van der Waals surface area contributed by atoms with Crippen molar-refractivity contribution in [2.75, 3.05) is 26.1 Å². The Morgan fingerprint density at radius 2 is 1.88 bits per heavy atom. The number of carbonyl (C=O) groups is 1. The molecule has 2 rings (SSSR count). The van der Waals surface area contributed by atoms with Crippen molar-refractivity contribution in [2.24, 2.45) is 5.92 Å². The van der Waals surface area contributed by atoms with Gasteiger partial charge >= 0.3 is 5.97 Å². The lowest BCUT2D eigenvalue weighted by Crippen LogP contribution is -2.45. The van der Waals surface area contributed by atoms with Crippen molar-refractivity contribution in [3.8, 4) is 11.8 Å². The zero-order valence-corrected chi connectivity index (χ0v) is 15.4. The third kappa shape index (κ3) is 5.09. The van der Waals surface area contributed by atoms with Crippen molar-refractivity contribution in [1.29, 1.82) is 0 Å². The fraction of sp³-hybridized carbons (Fsp3) is 0.591. The number of benzene rings is 1. The summed E-state index contributed by atoms with van der Waals surface area (Å²) in [7, 11) is 0. The number of aliphatic hydroxyl groups is 1. The largest absolute Gasteiger partial charge is 0.450 e. The molecule has 1 aromatic carbocycles. The normalized spacial score (nSPS) is 22.3. The van der Waals surface area contributed by atoms with E-state index in [0.717, 1.165) is 33.1 Å². The summed E-state index contributed by atoms with van der Waals surface area (Å²) >= 11 is 0. The number of esters is 1. The topological polar surface area (TPSA) is 49.8 Å². The van der Waals surface area contributed by atoms with Crippen molar-refractivity contribution < 1.29 is 22.9 Å². The van der Waals surface area contributed by atoms with Crippen LogP contribution in [0.25, 0.3) is 0 Å². The molecule has 4 heteroatoms. The molecule has 1 aromatic rings. The lowest BCUT2D eigenvalue weighted by atomic mass is 9.73. The van der Waals surface area contributed by atoms with Gasteiger partial charge in [-0.25, -0.2) is 4.79 Å². The number of ether oxygens (including phenoxy) is 1. The Morgan fingerprint density at radius 1 is 1.23 bits per heavy atom. The third-order valence-corrected chi connectivity index (χ3v) is 4.70. The SMILES string of the molecule is [2H]C([2H])(C)N(C([2H])([2H])C)C([2H])([2H])C#CCOC(=O)[C@@](O)(c1ccccc1)C1CCCCC1. The Hall–Kier alpha value is -1.83. The summed E-state index contributed by atoms with van der Waals surface area (Å²) in [4.78, 5) is 13.4. The lowest BCUT2D eigenvalue weighted by molar-refractivity contribution is -0.174. The van der Waals surface area contributed by atoms with Crippen molar-refractivity contribution in [3.05, 3.63) is 35.9 Å². The van der Waals surface area contributed by atoms with E-state index in [1.165, 1.54) is 0 Å². The minimum absolute atomic E-state index is 0.305. The molecule has 0 saturated heterocycles. The van der Waals surface area contributed by atoms with Gasteiger partial charge in [0.05, 0.1) is 9.24 Å². The second-order valence-electron chi connectivity index (χ2n) is 6.24. The maximum atomic E-state index is 13.0. The van der Waals surface area contributed by atoms with Gasteiger partial charge in [0.15, 0.2) is 12.2 Å². The Kier molecular flexibility index (Phi) is 5.32. The number of rotatable bonds is 7. The zero-order valence-electron chi connectivity index (χ0n) is 21.4. The molecule has 1 aliphatic carbocycles. The van der Waals surface area contributed by atoms with Crippen LogP contribution in [0.15, 0.2) is 30.3 Å². The van der Waals surface area contributed by atoms with Crippen LogP contribution in [0.1, 0.15) is 59.7 Å². The van der Waals surface area contributed by atoms with Crippen molar-refractivity contribution >= 4 is 5.97 Å². The molecule has 26 heavy (non-hydrogen) atoms. The minimum atomic E-state index is -2.66. The highest BCUT2D eigenvalue weighted by atomic mass is 16.5. The number of hydrogen-bond donors (Lipinski definition) is 1. The van der Waals surface area contributed by atoms with E-state index in [2.05, 4.69) is 11.8 Å². The summed E-state index contributed by atoms with van der Waals surface area (Å²) in [6.45, 7) is -5.77. The van der Waals surface area contributed by atoms with Crippen LogP contribution in [0.4, 0.5) is 0 Å². The Morgan fingerprint density at radius 3 is 2.50 bits per heavy atom. The summed E-state index contributed by atoms with van der Waals surface area (Å²) < 4.78 is 52.4. The van der Waals surface area contributed by atoms with E-state index in [1.54, 1.807) is 30.3 Å². The Labute approximate surface area is 166 Å². The fourth-order valence-corrected chi connectivity index (χ4v) is 3.30. The van der Waals surface area contributed by atoms with Crippen molar-refractivity contribution in [1.82, 2.24) is 4.90 Å². The van der Waals surface area contributed by atoms with Gasteiger partial charge in [-0.05, 0) is 31.4 Å². The van der Waals surface area contributed by atoms with E-state index < -0.39 is 37.7 Å². The van der Waals surface area contributed by atoms with E-state index in [0.29, 0.717) is 23.3 Å². The molecular formula is C22H31NO3. The summed E-state index contributed by atoms with van der Waals surface area (Å²) in [5.74, 6) is 3.36. The van der Waals surface area contributed by atoms with Gasteiger partial charge in [-0.2, -0.15) is 0 Å². The van der Waals surface area contributed by atoms with Crippen LogP contribution in [-0.4, -0.2) is 42.1 Å². The quantitative estimate of drug-likeness (QED) is 0.596. The highest BCUT2D eigenvalue weighted by Gasteiger charge is 2.46. The molecule has 142 valence electrons. The summed E-state index contributed by atoms with van der Waals surface area (Å²) in [5, 5.41) is 11.4. The van der Waals surface area contributed by atoms with Crippen LogP contribution >= 0.6 is 0 Å². The van der Waals surface area contributed by atoms with Gasteiger partial charge in [0.1, 0.15) is 0 Å². The predicted molar refractivity (Wildman–Crippen MR) is 103 cm³/mol. The molecule has 0 aromatic heterocycles. The molecule has 0 aliphatic heterocycles. The highest BCUT2D eigenvalue weighted by molar-refractivity contribution is 5.81. The second kappa shape index (κ2) is 10.4. The second-order valence-corrected chi connectivity index (χ2v) is 6.24. The molecule has 0 bridgehead atoms. The van der Waals surface area contributed by atoms with Gasteiger partial charge in [0.2, 0.25) is 0 Å². The van der Waals surface area contributed by atoms with Gasteiger partial charge in [-0.15, -0.1) is 0 Å². The van der Waals surface area contributed by atoms with Crippen LogP contribution in [0.5, 0.6) is 0 Å². The van der Waals surface area contributed by atoms with Crippen molar-refractivity contribution in [2.45, 2.75) is 51.6 Å². The molecule has 0 spiro atoms. The van der Waals surface area contributed by atoms with E-state index in [1.807, 2.05) is 0 Å². The van der Waals surface area contributed by atoms with Crippen LogP contribution < -0.4 is 0 Å². The highest BCUT2D eigenvalue weighted by Crippen LogP contribution is 2.40. The molecule has 4 nitrogen and oxygen atoms in total. The number of hydrogen-bond acceptors (Lipinski definition) is 4. The summed E-state index contributed by atoms with van der Waals surface area (Å²) in [6, 6.07) is 8.59. The van der Waals surface area contributed by atoms with Crippen molar-refractivity contribution in [3.63, 3.8) is 0 Å². The Balaban J connectivity index is 2.20. The van der Waals surface area contributed by atoms with E-state index >= 15 is 0 Å². The average Bonchev–Trinajstić information content (AvgIpc) is 2.69.